The summed E-state index contributed by atoms with van der Waals surface area (Å²) in [5.74, 6) is -2.68. The number of fused-ring (bicyclic) bond motifs is 2. The number of amides is 4. The summed E-state index contributed by atoms with van der Waals surface area (Å²) in [4.78, 5) is 77.8. The molecule has 0 saturated carbocycles. The number of nitrogens with zero attached hydrogens (tertiary/aromatic N) is 2. The number of carboxylic acids is 2. The van der Waals surface area contributed by atoms with Crippen LogP contribution in [0.3, 0.4) is 0 Å². The Bertz CT molecular complexity index is 3070. The third-order valence-corrected chi connectivity index (χ3v) is 11.9. The SMILES string of the molecule is O=C(O)c1ccc2c(c1)C(=O)N(c1ccc(Oc3ccc(C(c4ccccc4)(c4ccccc4)c4ccc(Oc5ccc(N6C(=O)c7ccc(C(=O)O)cc7C6=O)cc5)cc4)cc3)cc1)C2=O. The van der Waals surface area contributed by atoms with E-state index < -0.39 is 41.0 Å². The number of ether oxygens (including phenoxy) is 2. The molecule has 324 valence electrons. The van der Waals surface area contributed by atoms with Crippen LogP contribution < -0.4 is 19.3 Å². The second-order valence-corrected chi connectivity index (χ2v) is 15.7. The Morgan fingerprint density at radius 3 is 0.985 bits per heavy atom. The Morgan fingerprint density at radius 2 is 0.657 bits per heavy atom. The Balaban J connectivity index is 0.905. The van der Waals surface area contributed by atoms with Crippen molar-refractivity contribution in [1.29, 1.82) is 0 Å². The van der Waals surface area contributed by atoms with Gasteiger partial charge in [-0.05, 0) is 131 Å². The fourth-order valence-corrected chi connectivity index (χ4v) is 8.74. The quantitative estimate of drug-likeness (QED) is 0.0890. The molecule has 0 unspecified atom stereocenters. The van der Waals surface area contributed by atoms with E-state index in [-0.39, 0.29) is 33.4 Å². The van der Waals surface area contributed by atoms with E-state index in [1.807, 2.05) is 84.9 Å². The van der Waals surface area contributed by atoms with Crippen molar-refractivity contribution in [2.45, 2.75) is 5.41 Å². The molecule has 0 bridgehead atoms. The van der Waals surface area contributed by atoms with Gasteiger partial charge in [0.15, 0.2) is 0 Å². The average Bonchev–Trinajstić information content (AvgIpc) is 3.76. The third-order valence-electron chi connectivity index (χ3n) is 11.9. The van der Waals surface area contributed by atoms with Crippen LogP contribution in [0.5, 0.6) is 23.0 Å². The van der Waals surface area contributed by atoms with E-state index in [4.69, 9.17) is 9.47 Å². The molecule has 2 aliphatic heterocycles. The second kappa shape index (κ2) is 16.6. The minimum absolute atomic E-state index is 0.0338. The summed E-state index contributed by atoms with van der Waals surface area (Å²) in [6, 6.07) is 56.6. The van der Waals surface area contributed by atoms with Crippen molar-refractivity contribution in [3.8, 4) is 23.0 Å². The molecular weight excluding hydrogens is 849 g/mol. The van der Waals surface area contributed by atoms with Crippen molar-refractivity contribution in [2.24, 2.45) is 0 Å². The fourth-order valence-electron chi connectivity index (χ4n) is 8.74. The summed E-state index contributed by atoms with van der Waals surface area (Å²) >= 11 is 0. The molecule has 0 aliphatic carbocycles. The van der Waals surface area contributed by atoms with Crippen molar-refractivity contribution in [3.05, 3.63) is 250 Å². The van der Waals surface area contributed by atoms with Crippen LogP contribution in [-0.4, -0.2) is 45.8 Å². The van der Waals surface area contributed by atoms with Gasteiger partial charge in [0.1, 0.15) is 23.0 Å². The highest BCUT2D eigenvalue weighted by Crippen LogP contribution is 2.46. The molecule has 0 atom stereocenters. The summed E-state index contributed by atoms with van der Waals surface area (Å²) in [7, 11) is 0. The number of carbonyl (C=O) groups excluding carboxylic acids is 4. The molecule has 2 aliphatic rings. The summed E-state index contributed by atoms with van der Waals surface area (Å²) < 4.78 is 12.5. The number of anilines is 2. The molecule has 0 radical (unpaired) electrons. The molecule has 67 heavy (non-hydrogen) atoms. The molecule has 0 saturated heterocycles. The Morgan fingerprint density at radius 1 is 0.358 bits per heavy atom. The van der Waals surface area contributed by atoms with E-state index in [1.165, 1.54) is 36.4 Å². The van der Waals surface area contributed by atoms with Gasteiger partial charge in [0.05, 0.1) is 50.2 Å². The first-order chi connectivity index (χ1) is 32.5. The van der Waals surface area contributed by atoms with E-state index in [0.29, 0.717) is 34.4 Å². The largest absolute Gasteiger partial charge is 0.478 e. The van der Waals surface area contributed by atoms with Gasteiger partial charge in [0.2, 0.25) is 0 Å². The number of imide groups is 2. The standard InChI is InChI=1S/C55H34N2O10/c58-49-45-29-11-33(53(62)63)31-47(45)51(60)56(49)39-17-25-43(26-18-39)66-41-21-13-37(14-22-41)55(35-7-3-1-4-8-35,36-9-5-2-6-10-36)38-15-23-42(24-16-38)67-44-27-19-40(20-28-44)57-50(59)46-30-12-34(54(64)65)32-48(46)52(57)61/h1-32H,(H,62,63)(H,64,65). The molecule has 12 nitrogen and oxygen atoms in total. The molecule has 2 heterocycles. The van der Waals surface area contributed by atoms with Gasteiger partial charge in [-0.2, -0.15) is 0 Å². The molecule has 10 rings (SSSR count). The summed E-state index contributed by atoms with van der Waals surface area (Å²) in [5.41, 5.74) is 3.90. The van der Waals surface area contributed by atoms with Crippen LogP contribution in [0.25, 0.3) is 0 Å². The Labute approximate surface area is 382 Å². The van der Waals surface area contributed by atoms with Crippen LogP contribution in [0.1, 0.15) is 84.4 Å². The predicted octanol–water partition coefficient (Wildman–Crippen LogP) is 10.7. The van der Waals surface area contributed by atoms with Crippen molar-refractivity contribution in [1.82, 2.24) is 0 Å². The predicted molar refractivity (Wildman–Crippen MR) is 247 cm³/mol. The highest BCUT2D eigenvalue weighted by molar-refractivity contribution is 6.35. The minimum atomic E-state index is -1.20. The molecule has 0 fully saturated rings. The average molecular weight is 883 g/mol. The van der Waals surface area contributed by atoms with E-state index in [1.54, 1.807) is 48.5 Å². The first-order valence-electron chi connectivity index (χ1n) is 20.9. The van der Waals surface area contributed by atoms with E-state index in [2.05, 4.69) is 24.3 Å². The lowest BCUT2D eigenvalue weighted by atomic mass is 9.65. The monoisotopic (exact) mass is 882 g/mol. The molecule has 0 spiro atoms. The lowest BCUT2D eigenvalue weighted by molar-refractivity contribution is 0.0686. The number of carboxylic acid groups (broad SMARTS) is 2. The Hall–Kier alpha value is -9.42. The van der Waals surface area contributed by atoms with Gasteiger partial charge in [-0.25, -0.2) is 19.4 Å². The van der Waals surface area contributed by atoms with Gasteiger partial charge >= 0.3 is 11.9 Å². The van der Waals surface area contributed by atoms with E-state index >= 15 is 0 Å². The maximum absolute atomic E-state index is 13.2. The maximum Gasteiger partial charge on any atom is 0.335 e. The summed E-state index contributed by atoms with van der Waals surface area (Å²) in [6.45, 7) is 0. The second-order valence-electron chi connectivity index (χ2n) is 15.7. The van der Waals surface area contributed by atoms with Gasteiger partial charge in [-0.3, -0.25) is 19.2 Å². The zero-order chi connectivity index (χ0) is 46.4. The lowest BCUT2D eigenvalue weighted by Gasteiger charge is -2.37. The van der Waals surface area contributed by atoms with Crippen LogP contribution in [-0.2, 0) is 5.41 Å². The molecule has 2 N–H and O–H groups in total. The lowest BCUT2D eigenvalue weighted by Crippen LogP contribution is -2.30. The number of aromatic carboxylic acids is 2. The third kappa shape index (κ3) is 7.24. The van der Waals surface area contributed by atoms with E-state index in [9.17, 15) is 39.0 Å². The summed E-state index contributed by atoms with van der Waals surface area (Å²) in [5, 5.41) is 18.8. The number of benzene rings is 8. The van der Waals surface area contributed by atoms with Gasteiger partial charge in [0.25, 0.3) is 23.6 Å². The first-order valence-corrected chi connectivity index (χ1v) is 20.9. The van der Waals surface area contributed by atoms with Gasteiger partial charge in [-0.15, -0.1) is 0 Å². The molecular formula is C55H34N2O10. The maximum atomic E-state index is 13.2. The number of hydrogen-bond donors (Lipinski definition) is 2. The van der Waals surface area contributed by atoms with Crippen LogP contribution >= 0.6 is 0 Å². The van der Waals surface area contributed by atoms with Gasteiger partial charge in [-0.1, -0.05) is 84.9 Å². The van der Waals surface area contributed by atoms with Crippen LogP contribution in [0, 0.1) is 0 Å². The van der Waals surface area contributed by atoms with Crippen LogP contribution in [0.4, 0.5) is 11.4 Å². The van der Waals surface area contributed by atoms with Gasteiger partial charge < -0.3 is 19.7 Å². The minimum Gasteiger partial charge on any atom is -0.478 e. The van der Waals surface area contributed by atoms with Gasteiger partial charge in [0, 0.05) is 0 Å². The highest BCUT2D eigenvalue weighted by atomic mass is 16.5. The number of hydrogen-bond acceptors (Lipinski definition) is 8. The van der Waals surface area contributed by atoms with Crippen molar-refractivity contribution in [2.75, 3.05) is 9.80 Å². The number of rotatable bonds is 12. The fraction of sp³-hybridized carbons (Fsp3) is 0.0182. The first kappa shape index (κ1) is 41.6. The molecule has 8 aromatic rings. The zero-order valence-electron chi connectivity index (χ0n) is 35.0. The van der Waals surface area contributed by atoms with Crippen molar-refractivity contribution < 1.29 is 48.5 Å². The summed E-state index contributed by atoms with van der Waals surface area (Å²) in [6.07, 6.45) is 0. The molecule has 0 aromatic heterocycles. The Kier molecular flexibility index (Phi) is 10.3. The van der Waals surface area contributed by atoms with Crippen LogP contribution in [0.15, 0.2) is 194 Å². The molecule has 12 heteroatoms. The van der Waals surface area contributed by atoms with Crippen LogP contribution in [0.2, 0.25) is 0 Å². The van der Waals surface area contributed by atoms with Crippen molar-refractivity contribution in [3.63, 3.8) is 0 Å². The zero-order valence-corrected chi connectivity index (χ0v) is 35.0. The normalized spacial score (nSPS) is 13.1. The smallest absolute Gasteiger partial charge is 0.335 e. The van der Waals surface area contributed by atoms with Crippen molar-refractivity contribution >= 4 is 46.9 Å². The molecule has 8 aromatic carbocycles. The molecule has 4 amide bonds. The number of carbonyl (C=O) groups is 6. The highest BCUT2D eigenvalue weighted by Gasteiger charge is 2.40. The topological polar surface area (TPSA) is 168 Å². The van der Waals surface area contributed by atoms with E-state index in [0.717, 1.165) is 32.1 Å².